The fourth-order valence-electron chi connectivity index (χ4n) is 11.9. The molecule has 0 bridgehead atoms. The molecule has 0 amide bonds. The van der Waals surface area contributed by atoms with Crippen LogP contribution in [0.3, 0.4) is 0 Å². The summed E-state index contributed by atoms with van der Waals surface area (Å²) >= 11 is 0. The Bertz CT molecular complexity index is 3510. The van der Waals surface area contributed by atoms with Gasteiger partial charge in [-0.25, -0.2) is 9.13 Å². The molecule has 2 atom stereocenters. The monoisotopic (exact) mass is 1070 g/mol. The highest BCUT2D eigenvalue weighted by Gasteiger charge is 2.56. The van der Waals surface area contributed by atoms with Gasteiger partial charge in [0.25, 0.3) is 5.82 Å². The quantitative estimate of drug-likeness (QED) is 0.0460. The molecule has 0 aliphatic rings. The second-order valence-electron chi connectivity index (χ2n) is 21.9. The first-order valence-corrected chi connectivity index (χ1v) is 27.7. The topological polar surface area (TPSA) is 8.81 Å². The predicted octanol–water partition coefficient (Wildman–Crippen LogP) is 19.7. The van der Waals surface area contributed by atoms with E-state index in [1.165, 1.54) is 70.7 Å². The number of hydrogen-bond acceptors (Lipinski definition) is 0. The van der Waals surface area contributed by atoms with Crippen molar-refractivity contribution in [2.24, 2.45) is 0 Å². The molecule has 0 aliphatic carbocycles. The van der Waals surface area contributed by atoms with E-state index in [1.54, 1.807) is 66.7 Å². The summed E-state index contributed by atoms with van der Waals surface area (Å²) in [7, 11) is 0. The number of unbranched alkanes of at least 4 members (excludes halogenated alkanes) is 3. The van der Waals surface area contributed by atoms with Crippen LogP contribution in [0.2, 0.25) is 0 Å². The van der Waals surface area contributed by atoms with E-state index in [2.05, 4.69) is 93.1 Å². The molecule has 0 spiro atoms. The molecule has 8 aromatic carbocycles. The van der Waals surface area contributed by atoms with Gasteiger partial charge in [-0.1, -0.05) is 207 Å². The zero-order chi connectivity index (χ0) is 56.3. The van der Waals surface area contributed by atoms with Gasteiger partial charge in [-0.05, 0) is 150 Å². The molecule has 0 radical (unpaired) electrons. The number of hydrogen-bond donors (Lipinski definition) is 0. The van der Waals surface area contributed by atoms with Crippen LogP contribution in [0.15, 0.2) is 188 Å². The molecule has 2 nitrogen and oxygen atoms in total. The molecular weight excluding hydrogens is 995 g/mol. The molecule has 0 saturated heterocycles. The number of alkyl halides is 6. The van der Waals surface area contributed by atoms with Crippen LogP contribution in [0.1, 0.15) is 108 Å². The van der Waals surface area contributed by atoms with Gasteiger partial charge < -0.3 is 0 Å². The van der Waals surface area contributed by atoms with Crippen molar-refractivity contribution < 1.29 is 30.9 Å². The summed E-state index contributed by atoms with van der Waals surface area (Å²) in [6.45, 7) is 17.8. The summed E-state index contributed by atoms with van der Waals surface area (Å²) in [4.78, 5) is 0. The molecule has 79 heavy (non-hydrogen) atoms. The van der Waals surface area contributed by atoms with E-state index in [1.807, 2.05) is 61.5 Å². The largest absolute Gasteiger partial charge is 0.402 e. The third kappa shape index (κ3) is 11.3. The van der Waals surface area contributed by atoms with Gasteiger partial charge in [-0.2, -0.15) is 26.3 Å². The number of aromatic nitrogens is 2. The van der Waals surface area contributed by atoms with Crippen LogP contribution >= 0.6 is 0 Å². The number of rotatable bonds is 18. The van der Waals surface area contributed by atoms with E-state index >= 15 is 13.2 Å². The maximum Gasteiger partial charge on any atom is 0.402 e. The second kappa shape index (κ2) is 23.1. The minimum atomic E-state index is -4.66. The van der Waals surface area contributed by atoms with Crippen molar-refractivity contribution in [3.8, 4) is 55.9 Å². The summed E-state index contributed by atoms with van der Waals surface area (Å²) in [5.74, 6) is 1.17. The van der Waals surface area contributed by atoms with Gasteiger partial charge in [-0.3, -0.25) is 0 Å². The molecule has 8 heteroatoms. The van der Waals surface area contributed by atoms with Gasteiger partial charge in [0.15, 0.2) is 0 Å². The van der Waals surface area contributed by atoms with Crippen LogP contribution < -0.4 is 4.57 Å². The molecule has 0 N–H and O–H groups in total. The van der Waals surface area contributed by atoms with Crippen molar-refractivity contribution >= 4 is 0 Å². The van der Waals surface area contributed by atoms with Gasteiger partial charge in [0.05, 0.1) is 18.7 Å². The van der Waals surface area contributed by atoms with Crippen LogP contribution in [0.25, 0.3) is 55.9 Å². The van der Waals surface area contributed by atoms with Gasteiger partial charge in [0.1, 0.15) is 22.2 Å². The average molecular weight is 1070 g/mol. The first kappa shape index (κ1) is 56.3. The molecule has 0 aliphatic heterocycles. The lowest BCUT2D eigenvalue weighted by Gasteiger charge is -2.37. The van der Waals surface area contributed by atoms with Crippen molar-refractivity contribution in [1.82, 2.24) is 4.57 Å². The molecule has 1 aromatic heterocycles. The Balaban J connectivity index is 1.04. The maximum atomic E-state index is 16.6. The molecular formula is C71H71F6N2+. The van der Waals surface area contributed by atoms with Gasteiger partial charge >= 0.3 is 12.4 Å². The lowest BCUT2D eigenvalue weighted by atomic mass is 9.70. The zero-order valence-corrected chi connectivity index (χ0v) is 46.7. The van der Waals surface area contributed by atoms with E-state index in [9.17, 15) is 13.2 Å². The van der Waals surface area contributed by atoms with Crippen LogP contribution in [-0.2, 0) is 23.9 Å². The highest BCUT2D eigenvalue weighted by atomic mass is 19.4. The summed E-state index contributed by atoms with van der Waals surface area (Å²) in [6.07, 6.45) is -5.62. The average Bonchev–Trinajstić information content (AvgIpc) is 3.88. The summed E-state index contributed by atoms with van der Waals surface area (Å²) < 4.78 is 99.1. The summed E-state index contributed by atoms with van der Waals surface area (Å²) in [5.41, 5.74) is 11.3. The highest BCUT2D eigenvalue weighted by Crippen LogP contribution is 2.51. The summed E-state index contributed by atoms with van der Waals surface area (Å²) in [5, 5.41) is 0. The lowest BCUT2D eigenvalue weighted by Crippen LogP contribution is -2.43. The Labute approximate surface area is 463 Å². The third-order valence-corrected chi connectivity index (χ3v) is 16.6. The van der Waals surface area contributed by atoms with E-state index in [-0.39, 0.29) is 28.7 Å². The molecule has 406 valence electrons. The van der Waals surface area contributed by atoms with Crippen molar-refractivity contribution in [3.63, 3.8) is 0 Å². The van der Waals surface area contributed by atoms with Crippen LogP contribution in [0, 0.1) is 41.5 Å². The number of nitrogens with zero attached hydrogens (tertiary/aromatic N) is 2. The second-order valence-corrected chi connectivity index (χ2v) is 21.9. The Morgan fingerprint density at radius 1 is 0.418 bits per heavy atom. The van der Waals surface area contributed by atoms with Gasteiger partial charge in [0, 0.05) is 13.8 Å². The van der Waals surface area contributed by atoms with Crippen LogP contribution in [0.5, 0.6) is 0 Å². The number of imidazole rings is 1. The first-order valence-electron chi connectivity index (χ1n) is 27.7. The normalized spacial score (nSPS) is 13.5. The van der Waals surface area contributed by atoms with E-state index in [0.717, 1.165) is 69.5 Å². The first-order chi connectivity index (χ1) is 37.7. The van der Waals surface area contributed by atoms with Crippen LogP contribution in [0.4, 0.5) is 26.3 Å². The zero-order valence-electron chi connectivity index (χ0n) is 46.7. The van der Waals surface area contributed by atoms with Crippen molar-refractivity contribution in [2.75, 3.05) is 0 Å². The minimum Gasteiger partial charge on any atom is -0.227 e. The maximum absolute atomic E-state index is 16.6. The molecule has 1 heterocycles. The number of halogens is 6. The van der Waals surface area contributed by atoms with Crippen LogP contribution in [-0.4, -0.2) is 16.9 Å². The predicted molar refractivity (Wildman–Crippen MR) is 312 cm³/mol. The van der Waals surface area contributed by atoms with Gasteiger partial charge in [-0.15, -0.1) is 0 Å². The lowest BCUT2D eigenvalue weighted by molar-refractivity contribution is -0.691. The third-order valence-electron chi connectivity index (χ3n) is 16.6. The Morgan fingerprint density at radius 2 is 0.861 bits per heavy atom. The molecule has 2 unspecified atom stereocenters. The number of aryl methyl sites for hydroxylation is 4. The van der Waals surface area contributed by atoms with Crippen molar-refractivity contribution in [3.05, 3.63) is 244 Å². The minimum absolute atomic E-state index is 0.121. The Kier molecular flexibility index (Phi) is 16.5. The number of benzene rings is 8. The summed E-state index contributed by atoms with van der Waals surface area (Å²) in [6, 6.07) is 56.6. The molecule has 0 saturated carbocycles. The van der Waals surface area contributed by atoms with E-state index in [4.69, 9.17) is 0 Å². The smallest absolute Gasteiger partial charge is 0.227 e. The Hall–Kier alpha value is -7.45. The highest BCUT2D eigenvalue weighted by molar-refractivity contribution is 5.75. The standard InChI is InChI=1S/C71H71F6N2/c1-9-10-42-78-52(6)53(7)79(67(78)66-50(4)44-49(3)45-51(66)5)43-16-12-15-41-69(71(75,76)77,64-37-31-56(32-38-64)60-21-17-19-58(46-60)54-27-25-48(2)26-28-54)65-39-33-57(34-40-65)61-22-18-20-59(47-61)55-29-35-63(36-30-55)68(8,70(72,73)74)62-23-13-11-14-24-62/h11,13-14,17-40,44-47H,9-10,12,15-16,41-43H2,1-8H3/q+1. The SMILES string of the molecule is CCCCn1c(C)c(C)[n+](CCCCCC(c2ccc(-c3cccc(-c4ccc(C)cc4)c3)cc2)(c2ccc(-c3cccc(-c4ccc(C(C)(c5ccccc5)C(F)(F)F)cc4)c3)cc2)C(F)(F)F)c1-c1c(C)cc(C)cc1C. The van der Waals surface area contributed by atoms with Crippen molar-refractivity contribution in [2.45, 2.75) is 130 Å². The fraction of sp³-hybridized carbons (Fsp3) is 0.282. The molecule has 0 fully saturated rings. The fourth-order valence-corrected chi connectivity index (χ4v) is 11.9. The van der Waals surface area contributed by atoms with Gasteiger partial charge in [0.2, 0.25) is 0 Å². The Morgan fingerprint density at radius 3 is 1.30 bits per heavy atom. The molecule has 9 aromatic rings. The van der Waals surface area contributed by atoms with Crippen molar-refractivity contribution in [1.29, 1.82) is 0 Å². The molecule has 9 rings (SSSR count). The van der Waals surface area contributed by atoms with E-state index in [0.29, 0.717) is 25.8 Å². The van der Waals surface area contributed by atoms with E-state index < -0.39 is 23.2 Å².